The first-order valence-corrected chi connectivity index (χ1v) is 11.2. The predicted molar refractivity (Wildman–Crippen MR) is 97.4 cm³/mol. The van der Waals surface area contributed by atoms with E-state index in [-0.39, 0.29) is 16.3 Å². The molecular weight excluding hydrogens is 409 g/mol. The highest BCUT2D eigenvalue weighted by Gasteiger charge is 2.51. The van der Waals surface area contributed by atoms with Crippen molar-refractivity contribution in [1.29, 1.82) is 0 Å². The largest absolute Gasteiger partial charge is 0.573 e. The number of carbonyl (C=O) groups excluding carboxylic acids is 1. The number of hydrogen-bond donors (Lipinski definition) is 2. The molecule has 4 aliphatic rings. The highest BCUT2D eigenvalue weighted by atomic mass is 32.2. The smallest absolute Gasteiger partial charge is 0.406 e. The number of alkyl halides is 3. The molecule has 1 amide bonds. The second-order valence-electron chi connectivity index (χ2n) is 8.59. The maximum absolute atomic E-state index is 12.4. The van der Waals surface area contributed by atoms with Crippen LogP contribution in [0.5, 0.6) is 5.75 Å². The molecular formula is C19H23F3N2O4S. The van der Waals surface area contributed by atoms with Crippen LogP contribution in [0.3, 0.4) is 0 Å². The van der Waals surface area contributed by atoms with Crippen LogP contribution < -0.4 is 14.8 Å². The van der Waals surface area contributed by atoms with Crippen LogP contribution in [-0.4, -0.2) is 32.8 Å². The Balaban J connectivity index is 1.34. The van der Waals surface area contributed by atoms with E-state index in [1.165, 1.54) is 19.3 Å². The minimum atomic E-state index is -4.85. The molecule has 0 saturated heterocycles. The second-order valence-corrected chi connectivity index (χ2v) is 10.4. The summed E-state index contributed by atoms with van der Waals surface area (Å²) in [7, 11) is -4.03. The van der Waals surface area contributed by atoms with Gasteiger partial charge in [0.05, 0.1) is 11.4 Å². The summed E-state index contributed by atoms with van der Waals surface area (Å²) in [5.74, 6) is 1.05. The molecule has 0 radical (unpaired) electrons. The maximum atomic E-state index is 12.4. The van der Waals surface area contributed by atoms with Gasteiger partial charge in [0.15, 0.2) is 0 Å². The topological polar surface area (TPSA) is 84.5 Å². The molecule has 29 heavy (non-hydrogen) atoms. The summed E-state index contributed by atoms with van der Waals surface area (Å²) in [6.07, 6.45) is 1.71. The number of hydrogen-bond acceptors (Lipinski definition) is 4. The van der Waals surface area contributed by atoms with Crippen molar-refractivity contribution in [3.8, 4) is 5.75 Å². The van der Waals surface area contributed by atoms with Crippen molar-refractivity contribution in [2.45, 2.75) is 55.3 Å². The highest BCUT2D eigenvalue weighted by Crippen LogP contribution is 2.55. The standard InChI is InChI=1S/C19H23F3N2O4S/c20-19(21,22)28-15-1-3-16(4-2-15)29(26,27)23-11-17(25)24-18-8-12-5-13(9-18)7-14(6-12)10-18/h1-4,12-14,23H,5-11H2,(H,24,25). The van der Waals surface area contributed by atoms with Crippen molar-refractivity contribution in [1.82, 2.24) is 10.0 Å². The summed E-state index contributed by atoms with van der Waals surface area (Å²) < 4.78 is 67.2. The first-order valence-electron chi connectivity index (χ1n) is 9.68. The van der Waals surface area contributed by atoms with Gasteiger partial charge in [0.25, 0.3) is 0 Å². The molecule has 160 valence electrons. The molecule has 0 aromatic heterocycles. The maximum Gasteiger partial charge on any atom is 0.573 e. The SMILES string of the molecule is O=C(CNS(=O)(=O)c1ccc(OC(F)(F)F)cc1)NC12CC3CC(CC(C3)C1)C2. The highest BCUT2D eigenvalue weighted by molar-refractivity contribution is 7.89. The van der Waals surface area contributed by atoms with Crippen molar-refractivity contribution >= 4 is 15.9 Å². The molecule has 0 spiro atoms. The lowest BCUT2D eigenvalue weighted by atomic mass is 9.53. The molecule has 10 heteroatoms. The Kier molecular flexibility index (Phi) is 5.05. The van der Waals surface area contributed by atoms with Crippen LogP contribution in [0, 0.1) is 17.8 Å². The van der Waals surface area contributed by atoms with Gasteiger partial charge in [0, 0.05) is 5.54 Å². The number of amides is 1. The first-order chi connectivity index (χ1) is 13.5. The van der Waals surface area contributed by atoms with Gasteiger partial charge in [-0.2, -0.15) is 0 Å². The Hall–Kier alpha value is -1.81. The van der Waals surface area contributed by atoms with Crippen molar-refractivity contribution < 1.29 is 31.1 Å². The molecule has 4 saturated carbocycles. The van der Waals surface area contributed by atoms with E-state index in [1.807, 2.05) is 0 Å². The summed E-state index contributed by atoms with van der Waals surface area (Å²) in [6.45, 7) is -0.412. The van der Waals surface area contributed by atoms with E-state index in [0.717, 1.165) is 43.5 Å². The van der Waals surface area contributed by atoms with Gasteiger partial charge < -0.3 is 10.1 Å². The van der Waals surface area contributed by atoms with Gasteiger partial charge in [0.1, 0.15) is 5.75 Å². The van der Waals surface area contributed by atoms with Gasteiger partial charge >= 0.3 is 6.36 Å². The summed E-state index contributed by atoms with van der Waals surface area (Å²) >= 11 is 0. The number of benzene rings is 1. The van der Waals surface area contributed by atoms with Gasteiger partial charge in [-0.1, -0.05) is 0 Å². The van der Waals surface area contributed by atoms with Gasteiger partial charge in [-0.15, -0.1) is 13.2 Å². The molecule has 0 unspecified atom stereocenters. The molecule has 4 bridgehead atoms. The first kappa shape index (κ1) is 20.5. The summed E-state index contributed by atoms with van der Waals surface area (Å²) in [5, 5.41) is 3.07. The molecule has 0 aliphatic heterocycles. The molecule has 6 nitrogen and oxygen atoms in total. The van der Waals surface area contributed by atoms with E-state index in [4.69, 9.17) is 0 Å². The Morgan fingerprint density at radius 2 is 1.55 bits per heavy atom. The Labute approximate surface area is 167 Å². The summed E-state index contributed by atoms with van der Waals surface area (Å²) in [4.78, 5) is 12.2. The molecule has 0 atom stereocenters. The van der Waals surface area contributed by atoms with Crippen LogP contribution in [0.25, 0.3) is 0 Å². The number of nitrogens with one attached hydrogen (secondary N) is 2. The van der Waals surface area contributed by atoms with E-state index in [1.54, 1.807) is 0 Å². The van der Waals surface area contributed by atoms with E-state index in [0.29, 0.717) is 17.8 Å². The number of ether oxygens (including phenoxy) is 1. The Morgan fingerprint density at radius 1 is 1.03 bits per heavy atom. The summed E-state index contributed by atoms with van der Waals surface area (Å²) in [6, 6.07) is 3.83. The zero-order valence-corrected chi connectivity index (χ0v) is 16.5. The molecule has 5 rings (SSSR count). The Morgan fingerprint density at radius 3 is 2.03 bits per heavy atom. The average Bonchev–Trinajstić information content (AvgIpc) is 2.57. The number of carbonyl (C=O) groups is 1. The predicted octanol–water partition coefficient (Wildman–Crippen LogP) is 2.95. The Bertz CT molecular complexity index is 848. The van der Waals surface area contributed by atoms with E-state index >= 15 is 0 Å². The average molecular weight is 432 g/mol. The van der Waals surface area contributed by atoms with Crippen molar-refractivity contribution in [3.05, 3.63) is 24.3 Å². The summed E-state index contributed by atoms with van der Waals surface area (Å²) in [5.41, 5.74) is -0.214. The normalized spacial score (nSPS) is 30.9. The van der Waals surface area contributed by atoms with Gasteiger partial charge in [-0.05, 0) is 80.5 Å². The van der Waals surface area contributed by atoms with Crippen LogP contribution in [0.15, 0.2) is 29.2 Å². The van der Waals surface area contributed by atoms with E-state index < -0.39 is 28.7 Å². The van der Waals surface area contributed by atoms with Crippen LogP contribution in [0.2, 0.25) is 0 Å². The minimum absolute atomic E-state index is 0.214. The van der Waals surface area contributed by atoms with Crippen LogP contribution in [-0.2, 0) is 14.8 Å². The quantitative estimate of drug-likeness (QED) is 0.724. The number of halogens is 3. The number of sulfonamides is 1. The molecule has 4 aliphatic carbocycles. The van der Waals surface area contributed by atoms with Gasteiger partial charge in [-0.25, -0.2) is 13.1 Å². The molecule has 2 N–H and O–H groups in total. The third-order valence-corrected chi connectivity index (χ3v) is 7.65. The van der Waals surface area contributed by atoms with E-state index in [9.17, 15) is 26.4 Å². The second kappa shape index (κ2) is 7.16. The third kappa shape index (κ3) is 4.69. The minimum Gasteiger partial charge on any atom is -0.406 e. The number of rotatable bonds is 6. The van der Waals surface area contributed by atoms with Crippen LogP contribution >= 0.6 is 0 Å². The van der Waals surface area contributed by atoms with Crippen molar-refractivity contribution in [2.24, 2.45) is 17.8 Å². The van der Waals surface area contributed by atoms with Crippen LogP contribution in [0.1, 0.15) is 38.5 Å². The fourth-order valence-corrected chi connectivity index (χ4v) is 6.65. The molecule has 0 heterocycles. The third-order valence-electron chi connectivity index (χ3n) is 6.23. The monoisotopic (exact) mass is 432 g/mol. The van der Waals surface area contributed by atoms with Crippen LogP contribution in [0.4, 0.5) is 13.2 Å². The fourth-order valence-electron chi connectivity index (χ4n) is 5.67. The zero-order chi connectivity index (χ0) is 20.9. The molecule has 1 aromatic carbocycles. The fraction of sp³-hybridized carbons (Fsp3) is 0.632. The lowest BCUT2D eigenvalue weighted by Gasteiger charge is -2.56. The lowest BCUT2D eigenvalue weighted by Crippen LogP contribution is -2.60. The van der Waals surface area contributed by atoms with E-state index in [2.05, 4.69) is 14.8 Å². The zero-order valence-electron chi connectivity index (χ0n) is 15.7. The lowest BCUT2D eigenvalue weighted by molar-refractivity contribution is -0.274. The van der Waals surface area contributed by atoms with Gasteiger partial charge in [-0.3, -0.25) is 4.79 Å². The van der Waals surface area contributed by atoms with Crippen molar-refractivity contribution in [2.75, 3.05) is 6.54 Å². The molecule has 4 fully saturated rings. The van der Waals surface area contributed by atoms with Gasteiger partial charge in [0.2, 0.25) is 15.9 Å². The molecule has 1 aromatic rings. The van der Waals surface area contributed by atoms with Crippen molar-refractivity contribution in [3.63, 3.8) is 0 Å².